The first-order valence-corrected chi connectivity index (χ1v) is 5.45. The lowest BCUT2D eigenvalue weighted by molar-refractivity contribution is 0.0650. The van der Waals surface area contributed by atoms with Gasteiger partial charge in [0.05, 0.1) is 24.3 Å². The van der Waals surface area contributed by atoms with E-state index in [1.165, 1.54) is 23.1 Å². The Labute approximate surface area is 104 Å². The van der Waals surface area contributed by atoms with Gasteiger partial charge < -0.3 is 20.2 Å². The number of benzene rings is 1. The maximum Gasteiger partial charge on any atom is 0.336 e. The van der Waals surface area contributed by atoms with Crippen LogP contribution in [0.2, 0.25) is 0 Å². The van der Waals surface area contributed by atoms with Crippen LogP contribution < -0.4 is 0 Å². The lowest BCUT2D eigenvalue weighted by Crippen LogP contribution is -2.36. The van der Waals surface area contributed by atoms with Crippen molar-refractivity contribution in [2.75, 3.05) is 26.3 Å². The van der Waals surface area contributed by atoms with Gasteiger partial charge in [0.1, 0.15) is 0 Å². The van der Waals surface area contributed by atoms with Crippen LogP contribution in [0.15, 0.2) is 24.3 Å². The highest BCUT2D eigenvalue weighted by Crippen LogP contribution is 2.11. The maximum absolute atomic E-state index is 12.1. The van der Waals surface area contributed by atoms with E-state index < -0.39 is 11.9 Å². The first-order valence-electron chi connectivity index (χ1n) is 5.45. The number of nitrogens with zero attached hydrogens (tertiary/aromatic N) is 1. The van der Waals surface area contributed by atoms with Gasteiger partial charge in [-0.25, -0.2) is 4.79 Å². The molecule has 6 heteroatoms. The number of carbonyl (C=O) groups is 2. The van der Waals surface area contributed by atoms with Gasteiger partial charge in [-0.3, -0.25) is 4.79 Å². The molecule has 0 aromatic heterocycles. The van der Waals surface area contributed by atoms with E-state index in [9.17, 15) is 9.59 Å². The Morgan fingerprint density at radius 2 is 1.50 bits per heavy atom. The van der Waals surface area contributed by atoms with Crippen molar-refractivity contribution in [3.05, 3.63) is 35.4 Å². The number of rotatable bonds is 6. The summed E-state index contributed by atoms with van der Waals surface area (Å²) < 4.78 is 0. The number of carboxylic acids is 1. The fourth-order valence-electron chi connectivity index (χ4n) is 1.58. The molecule has 0 aliphatic heterocycles. The van der Waals surface area contributed by atoms with E-state index in [1.807, 2.05) is 0 Å². The summed E-state index contributed by atoms with van der Waals surface area (Å²) in [5.74, 6) is -1.71. The first kappa shape index (κ1) is 14.1. The van der Waals surface area contributed by atoms with Gasteiger partial charge in [-0.2, -0.15) is 0 Å². The van der Waals surface area contributed by atoms with Crippen LogP contribution in [-0.2, 0) is 0 Å². The molecule has 98 valence electrons. The van der Waals surface area contributed by atoms with Crippen LogP contribution in [-0.4, -0.2) is 58.4 Å². The summed E-state index contributed by atoms with van der Waals surface area (Å²) in [6.45, 7) is -0.400. The molecule has 0 aliphatic rings. The molecule has 0 saturated heterocycles. The van der Waals surface area contributed by atoms with Crippen molar-refractivity contribution in [2.24, 2.45) is 0 Å². The highest BCUT2D eigenvalue weighted by atomic mass is 16.4. The zero-order valence-corrected chi connectivity index (χ0v) is 9.74. The fourth-order valence-corrected chi connectivity index (χ4v) is 1.58. The number of aliphatic hydroxyl groups excluding tert-OH is 2. The molecule has 0 atom stereocenters. The number of amides is 1. The minimum absolute atomic E-state index is 0.0481. The third-order valence-corrected chi connectivity index (χ3v) is 2.41. The number of carbonyl (C=O) groups excluding carboxylic acids is 1. The predicted octanol–water partition coefficient (Wildman–Crippen LogP) is -0.188. The van der Waals surface area contributed by atoms with Crippen molar-refractivity contribution < 1.29 is 24.9 Å². The second-order valence-corrected chi connectivity index (χ2v) is 3.59. The summed E-state index contributed by atoms with van der Waals surface area (Å²) in [7, 11) is 0. The number of aliphatic hydroxyl groups is 2. The van der Waals surface area contributed by atoms with E-state index in [0.29, 0.717) is 0 Å². The smallest absolute Gasteiger partial charge is 0.336 e. The minimum Gasteiger partial charge on any atom is -0.478 e. The molecule has 0 heterocycles. The van der Waals surface area contributed by atoms with Crippen molar-refractivity contribution in [3.63, 3.8) is 0 Å². The zero-order chi connectivity index (χ0) is 13.5. The Balaban J connectivity index is 3.04. The summed E-state index contributed by atoms with van der Waals surface area (Å²) in [5.41, 5.74) is -0.0460. The average molecular weight is 253 g/mol. The summed E-state index contributed by atoms with van der Waals surface area (Å²) in [6, 6.07) is 5.84. The third kappa shape index (κ3) is 3.28. The van der Waals surface area contributed by atoms with Crippen LogP contribution >= 0.6 is 0 Å². The Kier molecular flexibility index (Phi) is 5.29. The SMILES string of the molecule is O=C(O)c1ccccc1C(=O)N(CCO)CCO. The summed E-state index contributed by atoms with van der Waals surface area (Å²) in [4.78, 5) is 24.3. The van der Waals surface area contributed by atoms with Crippen LogP contribution in [0.3, 0.4) is 0 Å². The molecule has 3 N–H and O–H groups in total. The van der Waals surface area contributed by atoms with Gasteiger partial charge in [-0.15, -0.1) is 0 Å². The lowest BCUT2D eigenvalue weighted by atomic mass is 10.1. The molecule has 0 aliphatic carbocycles. The molecule has 0 radical (unpaired) electrons. The quantitative estimate of drug-likeness (QED) is 0.653. The second kappa shape index (κ2) is 6.73. The van der Waals surface area contributed by atoms with Crippen molar-refractivity contribution in [3.8, 4) is 0 Å². The van der Waals surface area contributed by atoms with Gasteiger partial charge in [0.2, 0.25) is 0 Å². The Bertz CT molecular complexity index is 426. The second-order valence-electron chi connectivity index (χ2n) is 3.59. The van der Waals surface area contributed by atoms with Crippen molar-refractivity contribution >= 4 is 11.9 Å². The maximum atomic E-state index is 12.1. The topological polar surface area (TPSA) is 98.1 Å². The van der Waals surface area contributed by atoms with Crippen LogP contribution in [0.25, 0.3) is 0 Å². The molecule has 0 bridgehead atoms. The highest BCUT2D eigenvalue weighted by Gasteiger charge is 2.20. The van der Waals surface area contributed by atoms with Gasteiger partial charge in [0.25, 0.3) is 5.91 Å². The molecule has 1 aromatic rings. The molecular formula is C12H15NO5. The summed E-state index contributed by atoms with van der Waals surface area (Å²) in [5, 5.41) is 26.7. The molecule has 1 amide bonds. The van der Waals surface area contributed by atoms with Crippen LogP contribution in [0.1, 0.15) is 20.7 Å². The third-order valence-electron chi connectivity index (χ3n) is 2.41. The number of carboxylic acid groups (broad SMARTS) is 1. The standard InChI is InChI=1S/C12H15NO5/c14-7-5-13(6-8-15)11(16)9-3-1-2-4-10(9)12(17)18/h1-4,14-15H,5-8H2,(H,17,18). The molecule has 1 aromatic carbocycles. The molecule has 1 rings (SSSR count). The van der Waals surface area contributed by atoms with Gasteiger partial charge in [0, 0.05) is 13.1 Å². The molecule has 6 nitrogen and oxygen atoms in total. The summed E-state index contributed by atoms with van der Waals surface area (Å²) in [6.07, 6.45) is 0. The average Bonchev–Trinajstić information content (AvgIpc) is 2.37. The Hall–Kier alpha value is -1.92. The van der Waals surface area contributed by atoms with Gasteiger partial charge in [-0.05, 0) is 12.1 Å². The monoisotopic (exact) mass is 253 g/mol. The van der Waals surface area contributed by atoms with E-state index in [2.05, 4.69) is 0 Å². The normalized spacial score (nSPS) is 10.1. The molecule has 18 heavy (non-hydrogen) atoms. The predicted molar refractivity (Wildman–Crippen MR) is 63.5 cm³/mol. The van der Waals surface area contributed by atoms with E-state index >= 15 is 0 Å². The minimum atomic E-state index is -1.19. The summed E-state index contributed by atoms with van der Waals surface area (Å²) >= 11 is 0. The fraction of sp³-hybridized carbons (Fsp3) is 0.333. The number of aromatic carboxylic acids is 1. The molecule has 0 unspecified atom stereocenters. The molecule has 0 spiro atoms. The first-order chi connectivity index (χ1) is 8.61. The largest absolute Gasteiger partial charge is 0.478 e. The van der Waals surface area contributed by atoms with E-state index in [4.69, 9.17) is 15.3 Å². The lowest BCUT2D eigenvalue weighted by Gasteiger charge is -2.21. The van der Waals surface area contributed by atoms with E-state index in [0.717, 1.165) is 0 Å². The van der Waals surface area contributed by atoms with E-state index in [1.54, 1.807) is 6.07 Å². The molecule has 0 saturated carbocycles. The van der Waals surface area contributed by atoms with E-state index in [-0.39, 0.29) is 37.4 Å². The van der Waals surface area contributed by atoms with Crippen molar-refractivity contribution in [1.29, 1.82) is 0 Å². The van der Waals surface area contributed by atoms with Gasteiger partial charge in [-0.1, -0.05) is 12.1 Å². The highest BCUT2D eigenvalue weighted by molar-refractivity contribution is 6.04. The zero-order valence-electron chi connectivity index (χ0n) is 9.74. The Morgan fingerprint density at radius 3 is 1.94 bits per heavy atom. The van der Waals surface area contributed by atoms with Crippen LogP contribution in [0.4, 0.5) is 0 Å². The molecule has 0 fully saturated rings. The Morgan fingerprint density at radius 1 is 1.00 bits per heavy atom. The number of hydrogen-bond donors (Lipinski definition) is 3. The van der Waals surface area contributed by atoms with Gasteiger partial charge in [0.15, 0.2) is 0 Å². The van der Waals surface area contributed by atoms with Crippen LogP contribution in [0.5, 0.6) is 0 Å². The van der Waals surface area contributed by atoms with Crippen molar-refractivity contribution in [1.82, 2.24) is 4.90 Å². The van der Waals surface area contributed by atoms with Gasteiger partial charge >= 0.3 is 5.97 Å². The number of hydrogen-bond acceptors (Lipinski definition) is 4. The molecular weight excluding hydrogens is 238 g/mol. The van der Waals surface area contributed by atoms with Crippen LogP contribution in [0, 0.1) is 0 Å². The van der Waals surface area contributed by atoms with Crippen molar-refractivity contribution in [2.45, 2.75) is 0 Å².